The maximum atomic E-state index is 5.34. The molecule has 7 heteroatoms. The van der Waals surface area contributed by atoms with E-state index in [2.05, 4.69) is 63.7 Å². The van der Waals surface area contributed by atoms with Crippen LogP contribution in [0.4, 0.5) is 0 Å². The molecule has 1 heterocycles. The summed E-state index contributed by atoms with van der Waals surface area (Å²) in [4.78, 5) is 11.2. The molecule has 0 saturated heterocycles. The Kier molecular flexibility index (Phi) is 11.7. The Labute approximate surface area is 197 Å². The standard InChI is InChI=1S/C22H34N4OS.HI/c1-16(2)19-11-9-18(10-12-19)8-7-13-24-22(23-4)26(5)14-20-15-28-21(25-20)17(3)27-6;/h9-12,15-17H,7-8,13-14H2,1-6H3,(H,23,24);1H. The van der Waals surface area contributed by atoms with Crippen LogP contribution in [0.25, 0.3) is 0 Å². The van der Waals surface area contributed by atoms with Crippen molar-refractivity contribution in [1.82, 2.24) is 15.2 Å². The maximum absolute atomic E-state index is 5.34. The van der Waals surface area contributed by atoms with Crippen LogP contribution in [0.1, 0.15) is 61.0 Å². The number of benzene rings is 1. The predicted octanol–water partition coefficient (Wildman–Crippen LogP) is 5.23. The monoisotopic (exact) mass is 530 g/mol. The van der Waals surface area contributed by atoms with E-state index in [0.29, 0.717) is 5.92 Å². The normalized spacial score (nSPS) is 12.6. The van der Waals surface area contributed by atoms with E-state index in [1.807, 2.05) is 21.0 Å². The SMILES string of the molecule is CN=C(NCCCc1ccc(C(C)C)cc1)N(C)Cc1csc(C(C)OC)n1.I. The molecule has 2 aromatic rings. The van der Waals surface area contributed by atoms with Gasteiger partial charge in [0.25, 0.3) is 0 Å². The molecule has 1 aromatic carbocycles. The molecule has 0 bridgehead atoms. The summed E-state index contributed by atoms with van der Waals surface area (Å²) in [6, 6.07) is 8.98. The Morgan fingerprint density at radius 2 is 1.93 bits per heavy atom. The summed E-state index contributed by atoms with van der Waals surface area (Å²) in [5.41, 5.74) is 3.82. The maximum Gasteiger partial charge on any atom is 0.193 e. The molecule has 5 nitrogen and oxygen atoms in total. The summed E-state index contributed by atoms with van der Waals surface area (Å²) in [5, 5.41) is 6.56. The van der Waals surface area contributed by atoms with Crippen LogP contribution < -0.4 is 5.32 Å². The number of guanidine groups is 1. The second-order valence-corrected chi connectivity index (χ2v) is 8.27. The third-order valence-corrected chi connectivity index (χ3v) is 5.87. The molecular weight excluding hydrogens is 495 g/mol. The lowest BCUT2D eigenvalue weighted by atomic mass is 10.0. The molecule has 162 valence electrons. The lowest BCUT2D eigenvalue weighted by Gasteiger charge is -2.21. The highest BCUT2D eigenvalue weighted by Crippen LogP contribution is 2.21. The van der Waals surface area contributed by atoms with Crippen LogP contribution in [0.5, 0.6) is 0 Å². The highest BCUT2D eigenvalue weighted by Gasteiger charge is 2.12. The molecule has 0 aliphatic carbocycles. The minimum absolute atomic E-state index is 0. The van der Waals surface area contributed by atoms with Crippen molar-refractivity contribution < 1.29 is 4.74 Å². The van der Waals surface area contributed by atoms with Gasteiger partial charge in [0.2, 0.25) is 0 Å². The van der Waals surface area contributed by atoms with Crippen molar-refractivity contribution >= 4 is 41.3 Å². The molecule has 1 aromatic heterocycles. The number of aryl methyl sites for hydroxylation is 1. The summed E-state index contributed by atoms with van der Waals surface area (Å²) in [5.74, 6) is 1.48. The molecule has 0 saturated carbocycles. The number of methoxy groups -OCH3 is 1. The zero-order valence-electron chi connectivity index (χ0n) is 18.4. The third-order valence-electron chi connectivity index (χ3n) is 4.82. The summed E-state index contributed by atoms with van der Waals surface area (Å²) in [7, 11) is 5.57. The number of hydrogen-bond donors (Lipinski definition) is 1. The van der Waals surface area contributed by atoms with Crippen molar-refractivity contribution in [3.63, 3.8) is 0 Å². The predicted molar refractivity (Wildman–Crippen MR) is 135 cm³/mol. The van der Waals surface area contributed by atoms with Gasteiger partial charge < -0.3 is 15.0 Å². The summed E-state index contributed by atoms with van der Waals surface area (Å²) < 4.78 is 5.34. The van der Waals surface area contributed by atoms with Gasteiger partial charge in [-0.05, 0) is 36.8 Å². The van der Waals surface area contributed by atoms with Gasteiger partial charge >= 0.3 is 0 Å². The van der Waals surface area contributed by atoms with E-state index in [4.69, 9.17) is 4.74 Å². The fraction of sp³-hybridized carbons (Fsp3) is 0.545. The Bertz CT molecular complexity index is 746. The number of ether oxygens (including phenoxy) is 1. The molecule has 29 heavy (non-hydrogen) atoms. The van der Waals surface area contributed by atoms with E-state index in [1.165, 1.54) is 11.1 Å². The highest BCUT2D eigenvalue weighted by atomic mass is 127. The molecule has 0 spiro atoms. The lowest BCUT2D eigenvalue weighted by Crippen LogP contribution is -2.39. The topological polar surface area (TPSA) is 49.8 Å². The van der Waals surface area contributed by atoms with Crippen LogP contribution in [-0.4, -0.2) is 43.6 Å². The average molecular weight is 531 g/mol. The third kappa shape index (κ3) is 8.22. The van der Waals surface area contributed by atoms with Gasteiger partial charge in [-0.15, -0.1) is 35.3 Å². The van der Waals surface area contributed by atoms with Gasteiger partial charge in [-0.2, -0.15) is 0 Å². The fourth-order valence-electron chi connectivity index (χ4n) is 2.95. The summed E-state index contributed by atoms with van der Waals surface area (Å²) in [6.45, 7) is 8.09. The number of thiazole rings is 1. The van der Waals surface area contributed by atoms with Crippen molar-refractivity contribution in [1.29, 1.82) is 0 Å². The van der Waals surface area contributed by atoms with Gasteiger partial charge in [-0.3, -0.25) is 4.99 Å². The quantitative estimate of drug-likeness (QED) is 0.209. The van der Waals surface area contributed by atoms with Gasteiger partial charge in [-0.25, -0.2) is 4.98 Å². The molecular formula is C22H35IN4OS. The van der Waals surface area contributed by atoms with E-state index in [9.17, 15) is 0 Å². The average Bonchev–Trinajstić information content (AvgIpc) is 3.16. The zero-order valence-corrected chi connectivity index (χ0v) is 21.6. The fourth-order valence-corrected chi connectivity index (χ4v) is 3.79. The molecule has 0 aliphatic rings. The number of aromatic nitrogens is 1. The molecule has 1 atom stereocenters. The van der Waals surface area contributed by atoms with Crippen LogP contribution in [0.2, 0.25) is 0 Å². The number of rotatable bonds is 9. The van der Waals surface area contributed by atoms with E-state index in [1.54, 1.807) is 18.4 Å². The van der Waals surface area contributed by atoms with Crippen molar-refractivity contribution in [2.75, 3.05) is 27.7 Å². The Morgan fingerprint density at radius 1 is 1.24 bits per heavy atom. The first kappa shape index (κ1) is 25.8. The Morgan fingerprint density at radius 3 is 2.52 bits per heavy atom. The van der Waals surface area contributed by atoms with Crippen LogP contribution in [0.15, 0.2) is 34.6 Å². The van der Waals surface area contributed by atoms with Gasteiger partial charge in [-0.1, -0.05) is 38.1 Å². The van der Waals surface area contributed by atoms with Crippen molar-refractivity contribution in [2.24, 2.45) is 4.99 Å². The number of hydrogen-bond acceptors (Lipinski definition) is 4. The molecule has 0 aliphatic heterocycles. The second-order valence-electron chi connectivity index (χ2n) is 7.38. The number of halogens is 1. The molecule has 2 rings (SSSR count). The first-order valence-corrected chi connectivity index (χ1v) is 10.8. The second kappa shape index (κ2) is 13.2. The van der Waals surface area contributed by atoms with Crippen LogP contribution in [0, 0.1) is 0 Å². The van der Waals surface area contributed by atoms with Crippen LogP contribution >= 0.6 is 35.3 Å². The van der Waals surface area contributed by atoms with Crippen molar-refractivity contribution in [3.8, 4) is 0 Å². The first-order valence-electron chi connectivity index (χ1n) is 9.92. The van der Waals surface area contributed by atoms with Gasteiger partial charge in [0.15, 0.2) is 5.96 Å². The molecule has 0 radical (unpaired) electrons. The molecule has 0 fully saturated rings. The largest absolute Gasteiger partial charge is 0.375 e. The van der Waals surface area contributed by atoms with Gasteiger partial charge in [0.05, 0.1) is 12.2 Å². The van der Waals surface area contributed by atoms with Gasteiger partial charge in [0.1, 0.15) is 11.1 Å². The Hall–Kier alpha value is -1.19. The molecule has 1 unspecified atom stereocenters. The number of aliphatic imine (C=N–C) groups is 1. The minimum atomic E-state index is 0. The number of nitrogens with one attached hydrogen (secondary N) is 1. The molecule has 0 amide bonds. The zero-order chi connectivity index (χ0) is 20.5. The lowest BCUT2D eigenvalue weighted by molar-refractivity contribution is 0.119. The van der Waals surface area contributed by atoms with Crippen LogP contribution in [0.3, 0.4) is 0 Å². The van der Waals surface area contributed by atoms with E-state index in [-0.39, 0.29) is 30.1 Å². The first-order chi connectivity index (χ1) is 13.4. The van der Waals surface area contributed by atoms with E-state index in [0.717, 1.165) is 42.6 Å². The van der Waals surface area contributed by atoms with Crippen molar-refractivity contribution in [2.45, 2.75) is 52.2 Å². The minimum Gasteiger partial charge on any atom is -0.375 e. The summed E-state index contributed by atoms with van der Waals surface area (Å²) in [6.07, 6.45) is 2.17. The summed E-state index contributed by atoms with van der Waals surface area (Å²) >= 11 is 1.64. The number of nitrogens with zero attached hydrogens (tertiary/aromatic N) is 3. The van der Waals surface area contributed by atoms with Crippen LogP contribution in [-0.2, 0) is 17.7 Å². The van der Waals surface area contributed by atoms with Crippen molar-refractivity contribution in [3.05, 3.63) is 51.5 Å². The molecule has 1 N–H and O–H groups in total. The van der Waals surface area contributed by atoms with E-state index < -0.39 is 0 Å². The smallest absolute Gasteiger partial charge is 0.193 e. The van der Waals surface area contributed by atoms with Gasteiger partial charge in [0, 0.05) is 33.1 Å². The van der Waals surface area contributed by atoms with E-state index >= 15 is 0 Å². The Balaban J connectivity index is 0.00000420. The highest BCUT2D eigenvalue weighted by molar-refractivity contribution is 14.0.